The number of amides is 2. The van der Waals surface area contributed by atoms with Crippen LogP contribution in [0.5, 0.6) is 11.5 Å². The Morgan fingerprint density at radius 3 is 2.21 bits per heavy atom. The Hall–Kier alpha value is -4.08. The topological polar surface area (TPSA) is 121 Å². The molecule has 1 aliphatic rings. The number of rotatable bonds is 9. The quantitative estimate of drug-likeness (QED) is 0.445. The van der Waals surface area contributed by atoms with E-state index in [4.69, 9.17) is 9.47 Å². The van der Waals surface area contributed by atoms with Gasteiger partial charge in [0.1, 0.15) is 6.54 Å². The third-order valence-electron chi connectivity index (χ3n) is 6.73. The minimum Gasteiger partial charge on any atom is -0.493 e. The van der Waals surface area contributed by atoms with Gasteiger partial charge >= 0.3 is 5.69 Å². The van der Waals surface area contributed by atoms with Crippen LogP contribution in [0.15, 0.2) is 46.0 Å². The predicted octanol–water partition coefficient (Wildman–Crippen LogP) is 2.43. The fourth-order valence-electron chi connectivity index (χ4n) is 4.81. The lowest BCUT2D eigenvalue weighted by molar-refractivity contribution is -0.122. The van der Waals surface area contributed by atoms with E-state index in [2.05, 4.69) is 10.6 Å². The molecular weight excluding hydrogens is 488 g/mol. The van der Waals surface area contributed by atoms with Crippen LogP contribution in [0.2, 0.25) is 0 Å². The van der Waals surface area contributed by atoms with Crippen molar-refractivity contribution in [2.24, 2.45) is 0 Å². The van der Waals surface area contributed by atoms with Crippen molar-refractivity contribution < 1.29 is 19.1 Å². The van der Waals surface area contributed by atoms with E-state index in [0.717, 1.165) is 30.3 Å². The molecular formula is C28H34N4O6. The summed E-state index contributed by atoms with van der Waals surface area (Å²) in [6.07, 6.45) is 3.95. The van der Waals surface area contributed by atoms with Crippen molar-refractivity contribution in [3.63, 3.8) is 0 Å². The molecule has 0 aliphatic heterocycles. The highest BCUT2D eigenvalue weighted by Crippen LogP contribution is 2.30. The average Bonchev–Trinajstić information content (AvgIpc) is 3.41. The van der Waals surface area contributed by atoms with E-state index in [0.29, 0.717) is 22.6 Å². The smallest absolute Gasteiger partial charge is 0.332 e. The average molecular weight is 523 g/mol. The lowest BCUT2D eigenvalue weighted by Gasteiger charge is -2.18. The molecule has 10 heteroatoms. The highest BCUT2D eigenvalue weighted by Gasteiger charge is 2.21. The van der Waals surface area contributed by atoms with Crippen LogP contribution in [-0.2, 0) is 17.9 Å². The molecule has 2 aromatic carbocycles. The number of hydrogen-bond donors (Lipinski definition) is 2. The van der Waals surface area contributed by atoms with Crippen LogP contribution in [-0.4, -0.2) is 47.3 Å². The lowest BCUT2D eigenvalue weighted by atomic mass is 10.1. The monoisotopic (exact) mass is 522 g/mol. The Morgan fingerprint density at radius 2 is 1.61 bits per heavy atom. The maximum Gasteiger partial charge on any atom is 0.332 e. The summed E-state index contributed by atoms with van der Waals surface area (Å²) in [6.45, 7) is 3.48. The summed E-state index contributed by atoms with van der Waals surface area (Å²) in [7, 11) is 2.93. The number of ether oxygens (including phenoxy) is 2. The van der Waals surface area contributed by atoms with Crippen LogP contribution in [0.1, 0.15) is 55.5 Å². The van der Waals surface area contributed by atoms with Crippen LogP contribution in [0, 0.1) is 0 Å². The van der Waals surface area contributed by atoms with E-state index in [1.54, 1.807) is 30.3 Å². The molecule has 10 nitrogen and oxygen atoms in total. The minimum absolute atomic E-state index is 0.00157. The Balaban J connectivity index is 1.76. The summed E-state index contributed by atoms with van der Waals surface area (Å²) in [5, 5.41) is 6.06. The maximum atomic E-state index is 13.6. The number of aromatic nitrogens is 2. The van der Waals surface area contributed by atoms with Crippen molar-refractivity contribution in [3.8, 4) is 11.5 Å². The van der Waals surface area contributed by atoms with Crippen molar-refractivity contribution in [2.75, 3.05) is 14.2 Å². The molecule has 0 saturated heterocycles. The summed E-state index contributed by atoms with van der Waals surface area (Å²) < 4.78 is 13.2. The van der Waals surface area contributed by atoms with E-state index in [1.807, 2.05) is 13.8 Å². The molecule has 0 bridgehead atoms. The molecule has 1 saturated carbocycles. The molecule has 1 fully saturated rings. The minimum atomic E-state index is -0.613. The first kappa shape index (κ1) is 27.0. The lowest BCUT2D eigenvalue weighted by Crippen LogP contribution is -2.44. The van der Waals surface area contributed by atoms with Crippen molar-refractivity contribution in [3.05, 3.63) is 68.4 Å². The maximum absolute atomic E-state index is 13.6. The summed E-state index contributed by atoms with van der Waals surface area (Å²) >= 11 is 0. The number of benzene rings is 2. The van der Waals surface area contributed by atoms with Gasteiger partial charge < -0.3 is 20.1 Å². The Kier molecular flexibility index (Phi) is 8.19. The van der Waals surface area contributed by atoms with Gasteiger partial charge in [-0.1, -0.05) is 25.0 Å². The first-order valence-electron chi connectivity index (χ1n) is 12.8. The van der Waals surface area contributed by atoms with Crippen LogP contribution < -0.4 is 31.4 Å². The van der Waals surface area contributed by atoms with Crippen molar-refractivity contribution in [1.29, 1.82) is 0 Å². The molecule has 1 heterocycles. The van der Waals surface area contributed by atoms with Gasteiger partial charge in [-0.2, -0.15) is 0 Å². The fourth-order valence-corrected chi connectivity index (χ4v) is 4.81. The zero-order valence-electron chi connectivity index (χ0n) is 22.2. The molecule has 1 aliphatic carbocycles. The highest BCUT2D eigenvalue weighted by molar-refractivity contribution is 5.94. The normalized spacial score (nSPS) is 13.6. The van der Waals surface area contributed by atoms with E-state index in [9.17, 15) is 19.2 Å². The molecule has 2 amide bonds. The van der Waals surface area contributed by atoms with Crippen LogP contribution in [0.3, 0.4) is 0 Å². The van der Waals surface area contributed by atoms with Crippen molar-refractivity contribution in [2.45, 2.75) is 64.7 Å². The van der Waals surface area contributed by atoms with Crippen LogP contribution in [0.4, 0.5) is 0 Å². The molecule has 202 valence electrons. The number of fused-ring (bicyclic) bond motifs is 1. The van der Waals surface area contributed by atoms with Gasteiger partial charge in [-0.15, -0.1) is 0 Å². The molecule has 0 spiro atoms. The van der Waals surface area contributed by atoms with E-state index in [-0.39, 0.29) is 47.9 Å². The SMILES string of the molecule is COc1cc2c(=O)n(Cc3ccc(C(=O)NC(C)C)cc3)c(=O)n(CC(=O)NC3CCCC3)c2cc1OC. The molecule has 3 aromatic rings. The number of methoxy groups -OCH3 is 2. The standard InChI is InChI=1S/C28H34N4O6/c1-17(2)29-26(34)19-11-9-18(10-12-19)15-32-27(35)21-13-23(37-3)24(38-4)14-22(21)31(28(32)36)16-25(33)30-20-7-5-6-8-20/h9-14,17,20H,5-8,15-16H2,1-4H3,(H,29,34)(H,30,33). The molecule has 4 rings (SSSR count). The first-order chi connectivity index (χ1) is 18.2. The molecule has 1 aromatic heterocycles. The largest absolute Gasteiger partial charge is 0.493 e. The van der Waals surface area contributed by atoms with Gasteiger partial charge in [0.15, 0.2) is 11.5 Å². The van der Waals surface area contributed by atoms with Gasteiger partial charge in [0.2, 0.25) is 5.91 Å². The second kappa shape index (κ2) is 11.5. The van der Waals surface area contributed by atoms with Crippen LogP contribution in [0.25, 0.3) is 10.9 Å². The predicted molar refractivity (Wildman–Crippen MR) is 144 cm³/mol. The van der Waals surface area contributed by atoms with E-state index >= 15 is 0 Å². The second-order valence-corrected chi connectivity index (χ2v) is 9.86. The number of hydrogen-bond acceptors (Lipinski definition) is 6. The molecule has 0 radical (unpaired) electrons. The number of nitrogens with one attached hydrogen (secondary N) is 2. The molecule has 0 unspecified atom stereocenters. The highest BCUT2D eigenvalue weighted by atomic mass is 16.5. The van der Waals surface area contributed by atoms with Gasteiger partial charge in [-0.05, 0) is 50.5 Å². The number of nitrogens with zero attached hydrogens (tertiary/aromatic N) is 2. The second-order valence-electron chi connectivity index (χ2n) is 9.86. The first-order valence-corrected chi connectivity index (χ1v) is 12.8. The fraction of sp³-hybridized carbons (Fsp3) is 0.429. The summed E-state index contributed by atoms with van der Waals surface area (Å²) in [5.74, 6) is 0.188. The third kappa shape index (κ3) is 5.74. The molecule has 2 N–H and O–H groups in total. The Bertz CT molecular complexity index is 1450. The summed E-state index contributed by atoms with van der Waals surface area (Å²) in [4.78, 5) is 52.4. The van der Waals surface area contributed by atoms with Gasteiger partial charge in [0.05, 0.1) is 31.7 Å². The van der Waals surface area contributed by atoms with E-state index < -0.39 is 11.2 Å². The van der Waals surface area contributed by atoms with Gasteiger partial charge in [0.25, 0.3) is 11.5 Å². The zero-order valence-corrected chi connectivity index (χ0v) is 22.2. The number of carbonyl (C=O) groups is 2. The number of carbonyl (C=O) groups excluding carboxylic acids is 2. The van der Waals surface area contributed by atoms with Crippen molar-refractivity contribution >= 4 is 22.7 Å². The Labute approximate surface area is 220 Å². The molecule has 0 atom stereocenters. The van der Waals surface area contributed by atoms with Crippen LogP contribution >= 0.6 is 0 Å². The van der Waals surface area contributed by atoms with Gasteiger partial charge in [-0.25, -0.2) is 4.79 Å². The third-order valence-corrected chi connectivity index (χ3v) is 6.73. The zero-order chi connectivity index (χ0) is 27.4. The Morgan fingerprint density at radius 1 is 0.974 bits per heavy atom. The summed E-state index contributed by atoms with van der Waals surface area (Å²) in [6, 6.07) is 9.88. The molecule has 38 heavy (non-hydrogen) atoms. The van der Waals surface area contributed by atoms with Crippen molar-refractivity contribution in [1.82, 2.24) is 19.8 Å². The van der Waals surface area contributed by atoms with Gasteiger partial charge in [-0.3, -0.25) is 23.5 Å². The van der Waals surface area contributed by atoms with E-state index in [1.165, 1.54) is 24.9 Å². The summed E-state index contributed by atoms with van der Waals surface area (Å²) in [5.41, 5.74) is 0.298. The van der Waals surface area contributed by atoms with Gasteiger partial charge in [0, 0.05) is 23.7 Å².